The molecule has 3 aromatic carbocycles. The van der Waals surface area contributed by atoms with Gasteiger partial charge in [0, 0.05) is 22.1 Å². The number of alkyl halides is 9. The highest BCUT2D eigenvalue weighted by Gasteiger charge is 2.71. The van der Waals surface area contributed by atoms with Crippen LogP contribution in [0.4, 0.5) is 46.5 Å². The van der Waals surface area contributed by atoms with E-state index in [4.69, 9.17) is 10.00 Å². The van der Waals surface area contributed by atoms with Crippen LogP contribution < -0.4 is 19.7 Å². The number of hydrogen-bond acceptors (Lipinski definition) is 5. The number of halogens is 10. The number of para-hydroxylation sites is 1. The number of hydrogen-bond donors (Lipinski definition) is 1. The smallest absolute Gasteiger partial charge is 0.433 e. The number of carbonyl (C=O) groups excluding carboxylic acids is 2. The van der Waals surface area contributed by atoms with Crippen LogP contribution in [0.25, 0.3) is 0 Å². The van der Waals surface area contributed by atoms with E-state index < -0.39 is 56.6 Å². The zero-order valence-electron chi connectivity index (χ0n) is 22.8. The third kappa shape index (κ3) is 7.17. The average molecular weight is 773 g/mol. The molecule has 0 spiro atoms. The fourth-order valence-electron chi connectivity index (χ4n) is 4.16. The fraction of sp³-hybridized carbons (Fsp3) is 0.250. The summed E-state index contributed by atoms with van der Waals surface area (Å²) in [5.41, 5.74) is -7.74. The molecule has 240 valence electrons. The first-order chi connectivity index (χ1) is 20.9. The zero-order chi connectivity index (χ0) is 33.9. The van der Waals surface area contributed by atoms with E-state index in [1.165, 1.54) is 63.3 Å². The van der Waals surface area contributed by atoms with E-state index in [9.17, 15) is 40.3 Å². The van der Waals surface area contributed by atoms with Crippen LogP contribution in [0.5, 0.6) is 11.5 Å². The molecule has 0 fully saturated rings. The van der Waals surface area contributed by atoms with Gasteiger partial charge in [0.2, 0.25) is 0 Å². The van der Waals surface area contributed by atoms with Crippen molar-refractivity contribution in [2.75, 3.05) is 23.9 Å². The lowest BCUT2D eigenvalue weighted by molar-refractivity contribution is -0.282. The summed E-state index contributed by atoms with van der Waals surface area (Å²) in [6.45, 7) is -2.07. The number of anilines is 2. The summed E-state index contributed by atoms with van der Waals surface area (Å²) in [4.78, 5) is 22.7. The monoisotopic (exact) mass is 771 g/mol. The molecule has 45 heavy (non-hydrogen) atoms. The molecular weight excluding hydrogens is 754 g/mol. The first-order valence-corrected chi connectivity index (χ1v) is 13.9. The summed E-state index contributed by atoms with van der Waals surface area (Å²) in [6.07, 6.45) is -6.24. The summed E-state index contributed by atoms with van der Waals surface area (Å²) in [5.74, 6) is -3.16. The largest absolute Gasteiger partial charge is 0.494 e. The number of carbonyl (C=O) groups is 2. The van der Waals surface area contributed by atoms with Crippen molar-refractivity contribution >= 4 is 55.0 Å². The summed E-state index contributed by atoms with van der Waals surface area (Å²) < 4.78 is 119. The molecule has 0 radical (unpaired) electrons. The predicted molar refractivity (Wildman–Crippen MR) is 153 cm³/mol. The van der Waals surface area contributed by atoms with Gasteiger partial charge in [0.25, 0.3) is 11.8 Å². The molecule has 0 bridgehead atoms. The Labute approximate surface area is 267 Å². The second-order valence-electron chi connectivity index (χ2n) is 8.91. The number of methoxy groups -OCH3 is 1. The molecular formula is C28H19Br2F8N3O4. The minimum absolute atomic E-state index is 0.0437. The van der Waals surface area contributed by atoms with Crippen LogP contribution in [-0.4, -0.2) is 43.1 Å². The van der Waals surface area contributed by atoms with Gasteiger partial charge in [-0.1, -0.05) is 6.07 Å². The maximum Gasteiger partial charge on any atom is 0.433 e. The SMILES string of the molecule is CCN(C(=O)c1ccc(C#N)cc1)c1cccc(C(=O)Nc2c(Br)cc(C(F)(C(F)(F)F)C(F)(F)Br)cc2OC(F)F)c1OC. The second-order valence-corrected chi connectivity index (χ2v) is 10.8. The van der Waals surface area contributed by atoms with E-state index in [1.807, 2.05) is 6.07 Å². The Morgan fingerprint density at radius 2 is 1.67 bits per heavy atom. The normalized spacial score (nSPS) is 13.1. The molecule has 0 aliphatic carbocycles. The molecule has 0 saturated heterocycles. The number of ether oxygens (including phenoxy) is 2. The van der Waals surface area contributed by atoms with Gasteiger partial charge in [0.05, 0.1) is 35.7 Å². The van der Waals surface area contributed by atoms with Crippen molar-refractivity contribution in [2.24, 2.45) is 0 Å². The van der Waals surface area contributed by atoms with E-state index in [-0.39, 0.29) is 41.2 Å². The molecule has 1 N–H and O–H groups in total. The predicted octanol–water partition coefficient (Wildman–Crippen LogP) is 8.56. The van der Waals surface area contributed by atoms with Gasteiger partial charge in [-0.3, -0.25) is 9.59 Å². The highest BCUT2D eigenvalue weighted by atomic mass is 79.9. The fourth-order valence-corrected chi connectivity index (χ4v) is 5.15. The van der Waals surface area contributed by atoms with Gasteiger partial charge < -0.3 is 19.7 Å². The topological polar surface area (TPSA) is 91.7 Å². The molecule has 0 aliphatic rings. The van der Waals surface area contributed by atoms with Crippen LogP contribution in [0.1, 0.15) is 38.8 Å². The zero-order valence-corrected chi connectivity index (χ0v) is 26.0. The van der Waals surface area contributed by atoms with Gasteiger partial charge >= 0.3 is 23.3 Å². The van der Waals surface area contributed by atoms with Gasteiger partial charge in [-0.15, -0.1) is 0 Å². The Morgan fingerprint density at radius 3 is 2.16 bits per heavy atom. The number of nitrogens with one attached hydrogen (secondary N) is 1. The van der Waals surface area contributed by atoms with Crippen molar-refractivity contribution < 1.29 is 54.2 Å². The molecule has 2 amide bonds. The van der Waals surface area contributed by atoms with E-state index in [1.54, 1.807) is 6.92 Å². The molecule has 3 aromatic rings. The molecule has 0 aromatic heterocycles. The van der Waals surface area contributed by atoms with Crippen LogP contribution >= 0.6 is 31.9 Å². The molecule has 7 nitrogen and oxygen atoms in total. The van der Waals surface area contributed by atoms with Crippen LogP contribution in [0.15, 0.2) is 59.1 Å². The molecule has 3 rings (SSSR count). The maximum absolute atomic E-state index is 15.0. The van der Waals surface area contributed by atoms with E-state index in [2.05, 4.69) is 26.0 Å². The van der Waals surface area contributed by atoms with Crippen molar-refractivity contribution in [1.82, 2.24) is 0 Å². The first kappa shape index (κ1) is 35.6. The third-order valence-corrected chi connectivity index (χ3v) is 7.42. The molecule has 17 heteroatoms. The van der Waals surface area contributed by atoms with Crippen LogP contribution in [0.2, 0.25) is 0 Å². The Morgan fingerprint density at radius 1 is 1.04 bits per heavy atom. The number of nitrogens with zero attached hydrogens (tertiary/aromatic N) is 2. The standard InChI is InChI=1S/C28H19Br2F8N3O4/c1-3-41(24(43)15-9-7-14(13-39)8-10-15)19-6-4-5-17(22(19)44-2)23(42)40-21-18(29)11-16(12-20(21)45-25(31)32)26(33,27(30,34)35)28(36,37)38/h4-12,25H,3H2,1-2H3,(H,40,42). The molecule has 0 aliphatic heterocycles. The number of nitriles is 1. The number of benzene rings is 3. The third-order valence-electron chi connectivity index (χ3n) is 6.24. The Hall–Kier alpha value is -3.91. The summed E-state index contributed by atoms with van der Waals surface area (Å²) >= 11 is 4.09. The van der Waals surface area contributed by atoms with E-state index in [0.29, 0.717) is 5.56 Å². The van der Waals surface area contributed by atoms with Gasteiger partial charge in [0.15, 0.2) is 11.5 Å². The Balaban J connectivity index is 2.10. The number of rotatable bonds is 10. The lowest BCUT2D eigenvalue weighted by atomic mass is 9.94. The molecule has 0 saturated carbocycles. The van der Waals surface area contributed by atoms with Crippen LogP contribution in [0, 0.1) is 11.3 Å². The van der Waals surface area contributed by atoms with Crippen LogP contribution in [0.3, 0.4) is 0 Å². The Kier molecular flexibility index (Phi) is 10.8. The maximum atomic E-state index is 15.0. The molecule has 1 atom stereocenters. The summed E-state index contributed by atoms with van der Waals surface area (Å²) in [5, 5.41) is 11.1. The highest BCUT2D eigenvalue weighted by Crippen LogP contribution is 2.56. The lowest BCUT2D eigenvalue weighted by Gasteiger charge is -2.32. The number of amides is 2. The van der Waals surface area contributed by atoms with Gasteiger partial charge in [0.1, 0.15) is 0 Å². The van der Waals surface area contributed by atoms with Gasteiger partial charge in [-0.25, -0.2) is 4.39 Å². The van der Waals surface area contributed by atoms with Gasteiger partial charge in [-0.2, -0.15) is 36.0 Å². The van der Waals surface area contributed by atoms with E-state index in [0.717, 1.165) is 7.11 Å². The van der Waals surface area contributed by atoms with Crippen LogP contribution in [-0.2, 0) is 5.67 Å². The molecule has 1 unspecified atom stereocenters. The van der Waals surface area contributed by atoms with Crippen molar-refractivity contribution in [3.63, 3.8) is 0 Å². The summed E-state index contributed by atoms with van der Waals surface area (Å²) in [6, 6.07) is 11.7. The van der Waals surface area contributed by atoms with Crippen molar-refractivity contribution in [1.29, 1.82) is 5.26 Å². The highest BCUT2D eigenvalue weighted by molar-refractivity contribution is 9.10. The molecule has 0 heterocycles. The summed E-state index contributed by atoms with van der Waals surface area (Å²) in [7, 11) is 1.16. The minimum atomic E-state index is -6.24. The second kappa shape index (κ2) is 13.6. The van der Waals surface area contributed by atoms with Gasteiger partial charge in [-0.05, 0) is 87.3 Å². The minimum Gasteiger partial charge on any atom is -0.494 e. The lowest BCUT2D eigenvalue weighted by Crippen LogP contribution is -2.49. The van der Waals surface area contributed by atoms with E-state index >= 15 is 4.39 Å². The van der Waals surface area contributed by atoms with Crippen molar-refractivity contribution in [2.45, 2.75) is 30.2 Å². The van der Waals surface area contributed by atoms with Crippen molar-refractivity contribution in [3.05, 3.63) is 81.3 Å². The average Bonchev–Trinajstić information content (AvgIpc) is 2.96. The quantitative estimate of drug-likeness (QED) is 0.165. The van der Waals surface area contributed by atoms with Crippen molar-refractivity contribution in [3.8, 4) is 17.6 Å². The Bertz CT molecular complexity index is 1610. The first-order valence-electron chi connectivity index (χ1n) is 12.3.